The van der Waals surface area contributed by atoms with Crippen LogP contribution in [0.25, 0.3) is 0 Å². The molecule has 1 fully saturated rings. The van der Waals surface area contributed by atoms with Crippen molar-refractivity contribution in [3.8, 4) is 0 Å². The van der Waals surface area contributed by atoms with Gasteiger partial charge in [0.05, 0.1) is 5.92 Å². The molecule has 0 radical (unpaired) electrons. The summed E-state index contributed by atoms with van der Waals surface area (Å²) in [7, 11) is 0. The quantitative estimate of drug-likeness (QED) is 0.681. The van der Waals surface area contributed by atoms with Gasteiger partial charge in [0.15, 0.2) is 0 Å². The highest BCUT2D eigenvalue weighted by Gasteiger charge is 2.34. The van der Waals surface area contributed by atoms with E-state index in [1.807, 2.05) is 0 Å². The van der Waals surface area contributed by atoms with Crippen LogP contribution < -0.4 is 0 Å². The molecule has 124 valence electrons. The number of carbonyl (C=O) groups is 1. The summed E-state index contributed by atoms with van der Waals surface area (Å²) >= 11 is 0. The summed E-state index contributed by atoms with van der Waals surface area (Å²) in [5.74, 6) is -0.485. The molecule has 0 aromatic heterocycles. The van der Waals surface area contributed by atoms with E-state index in [9.17, 15) is 23.1 Å². The Bertz CT molecular complexity index is 318. The van der Waals surface area contributed by atoms with Gasteiger partial charge in [-0.15, -0.1) is 0 Å². The number of hydrogen-bond acceptors (Lipinski definition) is 2. The van der Waals surface area contributed by atoms with Gasteiger partial charge >= 0.3 is 12.1 Å². The number of carboxylic acids is 1. The number of hydrogen-bond donors (Lipinski definition) is 1. The lowest BCUT2D eigenvalue weighted by molar-refractivity contribution is -0.174. The number of rotatable bonds is 8. The van der Waals surface area contributed by atoms with Crippen LogP contribution in [0.3, 0.4) is 0 Å². The Hall–Kier alpha value is -0.780. The monoisotopic (exact) mass is 310 g/mol. The Morgan fingerprint density at radius 2 is 2.00 bits per heavy atom. The average Bonchev–Trinajstić information content (AvgIpc) is 2.37. The van der Waals surface area contributed by atoms with E-state index in [4.69, 9.17) is 0 Å². The topological polar surface area (TPSA) is 46.5 Å². The first-order valence-corrected chi connectivity index (χ1v) is 7.70. The lowest BCUT2D eigenvalue weighted by Crippen LogP contribution is -2.31. The molecule has 0 aromatic rings. The van der Waals surface area contributed by atoms with Crippen molar-refractivity contribution in [1.29, 1.82) is 0 Å². The second kappa shape index (κ2) is 8.61. The molecule has 0 aliphatic heterocycles. The van der Waals surface area contributed by atoms with Crippen LogP contribution in [-0.4, -0.2) is 30.5 Å². The minimum absolute atomic E-state index is 0.0425. The van der Waals surface area contributed by atoms with Gasteiger partial charge in [0.1, 0.15) is 6.61 Å². The maximum absolute atomic E-state index is 11.9. The Labute approximate surface area is 123 Å². The van der Waals surface area contributed by atoms with Crippen LogP contribution in [-0.2, 0) is 9.53 Å². The SMILES string of the molecule is CCCC1CCC(C(=O)O)C(CCCOCC(F)(F)F)C1. The molecule has 3 atom stereocenters. The highest BCUT2D eigenvalue weighted by Crippen LogP contribution is 2.38. The van der Waals surface area contributed by atoms with Crippen LogP contribution in [0.2, 0.25) is 0 Å². The predicted octanol–water partition coefficient (Wildman–Crippen LogP) is 4.26. The third-order valence-electron chi connectivity index (χ3n) is 4.23. The Morgan fingerprint density at radius 3 is 2.57 bits per heavy atom. The van der Waals surface area contributed by atoms with E-state index < -0.39 is 18.8 Å². The summed E-state index contributed by atoms with van der Waals surface area (Å²) in [4.78, 5) is 11.3. The summed E-state index contributed by atoms with van der Waals surface area (Å²) in [6.45, 7) is 0.933. The van der Waals surface area contributed by atoms with E-state index in [1.54, 1.807) is 0 Å². The number of ether oxygens (including phenoxy) is 1. The number of aliphatic carboxylic acids is 1. The van der Waals surface area contributed by atoms with Crippen molar-refractivity contribution in [2.45, 2.75) is 58.0 Å². The second-order valence-corrected chi connectivity index (χ2v) is 5.98. The molecule has 6 heteroatoms. The minimum atomic E-state index is -4.29. The van der Waals surface area contributed by atoms with Crippen molar-refractivity contribution < 1.29 is 27.8 Å². The standard InChI is InChI=1S/C15H25F3O3/c1-2-4-11-6-7-13(14(19)20)12(9-11)5-3-8-21-10-15(16,17)18/h11-13H,2-10H2,1H3,(H,19,20). The van der Waals surface area contributed by atoms with Crippen LogP contribution in [0, 0.1) is 17.8 Å². The van der Waals surface area contributed by atoms with Crippen LogP contribution in [0.5, 0.6) is 0 Å². The zero-order valence-electron chi connectivity index (χ0n) is 12.5. The molecular weight excluding hydrogens is 285 g/mol. The molecule has 0 heterocycles. The number of alkyl halides is 3. The molecule has 1 aliphatic carbocycles. The first-order valence-electron chi connectivity index (χ1n) is 7.70. The zero-order valence-corrected chi connectivity index (χ0v) is 12.5. The fourth-order valence-corrected chi connectivity index (χ4v) is 3.31. The van der Waals surface area contributed by atoms with E-state index in [0.29, 0.717) is 25.2 Å². The summed E-state index contributed by atoms with van der Waals surface area (Å²) in [5.41, 5.74) is 0. The fourth-order valence-electron chi connectivity index (χ4n) is 3.31. The van der Waals surface area contributed by atoms with E-state index in [0.717, 1.165) is 25.7 Å². The second-order valence-electron chi connectivity index (χ2n) is 5.98. The molecule has 0 aromatic carbocycles. The lowest BCUT2D eigenvalue weighted by atomic mass is 9.71. The minimum Gasteiger partial charge on any atom is -0.481 e. The van der Waals surface area contributed by atoms with E-state index in [2.05, 4.69) is 11.7 Å². The first kappa shape index (κ1) is 18.3. The predicted molar refractivity (Wildman–Crippen MR) is 73.0 cm³/mol. The van der Waals surface area contributed by atoms with Crippen molar-refractivity contribution in [3.05, 3.63) is 0 Å². The molecular formula is C15H25F3O3. The highest BCUT2D eigenvalue weighted by molar-refractivity contribution is 5.70. The van der Waals surface area contributed by atoms with Gasteiger partial charge in [-0.3, -0.25) is 4.79 Å². The van der Waals surface area contributed by atoms with Crippen molar-refractivity contribution in [2.24, 2.45) is 17.8 Å². The third-order valence-corrected chi connectivity index (χ3v) is 4.23. The maximum atomic E-state index is 11.9. The Kier molecular flexibility index (Phi) is 7.49. The van der Waals surface area contributed by atoms with Gasteiger partial charge in [-0.1, -0.05) is 19.8 Å². The third kappa shape index (κ3) is 7.16. The van der Waals surface area contributed by atoms with Gasteiger partial charge in [-0.05, 0) is 43.9 Å². The highest BCUT2D eigenvalue weighted by atomic mass is 19.4. The molecule has 1 aliphatic rings. The molecule has 0 bridgehead atoms. The van der Waals surface area contributed by atoms with Gasteiger partial charge < -0.3 is 9.84 Å². The molecule has 0 spiro atoms. The Morgan fingerprint density at radius 1 is 1.29 bits per heavy atom. The molecule has 1 N–H and O–H groups in total. The average molecular weight is 310 g/mol. The molecule has 1 rings (SSSR count). The molecule has 21 heavy (non-hydrogen) atoms. The maximum Gasteiger partial charge on any atom is 0.411 e. The van der Waals surface area contributed by atoms with Gasteiger partial charge in [0.2, 0.25) is 0 Å². The summed E-state index contributed by atoms with van der Waals surface area (Å²) in [6, 6.07) is 0. The van der Waals surface area contributed by atoms with Crippen LogP contribution >= 0.6 is 0 Å². The lowest BCUT2D eigenvalue weighted by Gasteiger charge is -2.34. The largest absolute Gasteiger partial charge is 0.481 e. The van der Waals surface area contributed by atoms with Gasteiger partial charge in [0, 0.05) is 6.61 Å². The van der Waals surface area contributed by atoms with E-state index in [1.165, 1.54) is 0 Å². The molecule has 1 saturated carbocycles. The van der Waals surface area contributed by atoms with Crippen LogP contribution in [0.1, 0.15) is 51.9 Å². The molecule has 3 nitrogen and oxygen atoms in total. The van der Waals surface area contributed by atoms with Crippen molar-refractivity contribution in [1.82, 2.24) is 0 Å². The van der Waals surface area contributed by atoms with Gasteiger partial charge in [-0.25, -0.2) is 0 Å². The molecule has 0 amide bonds. The van der Waals surface area contributed by atoms with Crippen molar-refractivity contribution in [2.75, 3.05) is 13.2 Å². The normalized spacial score (nSPS) is 26.8. The summed E-state index contributed by atoms with van der Waals surface area (Å²) < 4.78 is 40.4. The van der Waals surface area contributed by atoms with E-state index >= 15 is 0 Å². The summed E-state index contributed by atoms with van der Waals surface area (Å²) in [6.07, 6.45) is 1.54. The summed E-state index contributed by atoms with van der Waals surface area (Å²) in [5, 5.41) is 9.25. The van der Waals surface area contributed by atoms with Crippen molar-refractivity contribution in [3.63, 3.8) is 0 Å². The fraction of sp³-hybridized carbons (Fsp3) is 0.933. The first-order chi connectivity index (χ1) is 9.83. The van der Waals surface area contributed by atoms with Gasteiger partial charge in [-0.2, -0.15) is 13.2 Å². The smallest absolute Gasteiger partial charge is 0.411 e. The van der Waals surface area contributed by atoms with Gasteiger partial charge in [0.25, 0.3) is 0 Å². The number of carboxylic acid groups (broad SMARTS) is 1. The van der Waals surface area contributed by atoms with Crippen molar-refractivity contribution >= 4 is 5.97 Å². The number of halogens is 3. The van der Waals surface area contributed by atoms with Crippen LogP contribution in [0.15, 0.2) is 0 Å². The van der Waals surface area contributed by atoms with Crippen LogP contribution in [0.4, 0.5) is 13.2 Å². The Balaban J connectivity index is 2.35. The van der Waals surface area contributed by atoms with E-state index in [-0.39, 0.29) is 18.4 Å². The molecule has 3 unspecified atom stereocenters. The molecule has 0 saturated heterocycles. The zero-order chi connectivity index (χ0) is 15.9.